The zero-order valence-electron chi connectivity index (χ0n) is 10.9. The van der Waals surface area contributed by atoms with Gasteiger partial charge in [-0.2, -0.15) is 0 Å². The van der Waals surface area contributed by atoms with Gasteiger partial charge in [0.05, 0.1) is 23.7 Å². The number of hydrogen-bond acceptors (Lipinski definition) is 3. The summed E-state index contributed by atoms with van der Waals surface area (Å²) in [5.74, 6) is 1.37. The number of aliphatic hydroxyl groups is 1. The maximum Gasteiger partial charge on any atom is 0.121 e. The van der Waals surface area contributed by atoms with E-state index in [4.69, 9.17) is 0 Å². The lowest BCUT2D eigenvalue weighted by Crippen LogP contribution is -2.42. The summed E-state index contributed by atoms with van der Waals surface area (Å²) < 4.78 is 1.05. The first kappa shape index (κ1) is 13.1. The van der Waals surface area contributed by atoms with E-state index >= 15 is 0 Å². The maximum atomic E-state index is 9.92. The van der Waals surface area contributed by atoms with Crippen molar-refractivity contribution in [3.8, 4) is 0 Å². The molecule has 0 amide bonds. The van der Waals surface area contributed by atoms with Crippen LogP contribution in [0.1, 0.15) is 19.2 Å². The Labute approximate surface area is 121 Å². The smallest absolute Gasteiger partial charge is 0.121 e. The number of aromatic amines is 1. The average Bonchev–Trinajstić information content (AvgIpc) is 2.75. The summed E-state index contributed by atoms with van der Waals surface area (Å²) in [6.45, 7) is 4.65. The number of H-pyrrole nitrogens is 1. The van der Waals surface area contributed by atoms with Crippen molar-refractivity contribution >= 4 is 27.0 Å². The monoisotopic (exact) mass is 323 g/mol. The van der Waals surface area contributed by atoms with E-state index in [1.165, 1.54) is 0 Å². The summed E-state index contributed by atoms with van der Waals surface area (Å²) in [6.07, 6.45) is 0.833. The van der Waals surface area contributed by atoms with Gasteiger partial charge in [0.25, 0.3) is 0 Å². The lowest BCUT2D eigenvalue weighted by molar-refractivity contribution is 0.0250. The van der Waals surface area contributed by atoms with Crippen molar-refractivity contribution < 1.29 is 5.11 Å². The van der Waals surface area contributed by atoms with E-state index in [0.29, 0.717) is 5.92 Å². The fourth-order valence-corrected chi connectivity index (χ4v) is 2.94. The summed E-state index contributed by atoms with van der Waals surface area (Å²) >= 11 is 3.46. The van der Waals surface area contributed by atoms with E-state index in [1.54, 1.807) is 0 Å². The third-order valence-electron chi connectivity index (χ3n) is 3.87. The van der Waals surface area contributed by atoms with Gasteiger partial charge >= 0.3 is 0 Å². The highest BCUT2D eigenvalue weighted by Crippen LogP contribution is 2.21. The quantitative estimate of drug-likeness (QED) is 0.893. The predicted molar refractivity (Wildman–Crippen MR) is 78.9 cm³/mol. The fourth-order valence-electron chi connectivity index (χ4n) is 2.58. The Balaban J connectivity index is 1.74. The molecule has 3 rings (SSSR count). The summed E-state index contributed by atoms with van der Waals surface area (Å²) in [5, 5.41) is 9.92. The number of hydrogen-bond donors (Lipinski definition) is 2. The van der Waals surface area contributed by atoms with Gasteiger partial charge in [-0.25, -0.2) is 4.98 Å². The number of aliphatic hydroxyl groups excluding tert-OH is 1. The molecule has 102 valence electrons. The van der Waals surface area contributed by atoms with Crippen LogP contribution < -0.4 is 0 Å². The van der Waals surface area contributed by atoms with Crippen LogP contribution in [0.3, 0.4) is 0 Å². The number of rotatable bonds is 2. The fraction of sp³-hybridized carbons (Fsp3) is 0.500. The van der Waals surface area contributed by atoms with Crippen LogP contribution in [0.25, 0.3) is 11.0 Å². The molecule has 1 aromatic heterocycles. The predicted octanol–water partition coefficient (Wildman–Crippen LogP) is 2.53. The second-order valence-electron chi connectivity index (χ2n) is 5.41. The number of β-amino-alcohol motifs (C(OH)–C–C–N with tert-alkyl or cyclic N) is 1. The third kappa shape index (κ3) is 2.83. The second kappa shape index (κ2) is 5.23. The summed E-state index contributed by atoms with van der Waals surface area (Å²) in [4.78, 5) is 10.2. The summed E-state index contributed by atoms with van der Waals surface area (Å²) in [6, 6.07) is 6.05. The number of aromatic nitrogens is 2. The van der Waals surface area contributed by atoms with Crippen LogP contribution in [0, 0.1) is 5.92 Å². The number of halogens is 1. The number of piperidine rings is 1. The van der Waals surface area contributed by atoms with E-state index < -0.39 is 0 Å². The lowest BCUT2D eigenvalue weighted by atomic mass is 9.96. The first-order valence-corrected chi connectivity index (χ1v) is 7.45. The van der Waals surface area contributed by atoms with Crippen molar-refractivity contribution in [1.82, 2.24) is 14.9 Å². The highest BCUT2D eigenvalue weighted by molar-refractivity contribution is 9.10. The van der Waals surface area contributed by atoms with E-state index in [0.717, 1.165) is 47.4 Å². The molecule has 0 aliphatic carbocycles. The van der Waals surface area contributed by atoms with Gasteiger partial charge in [0.1, 0.15) is 5.82 Å². The molecule has 2 N–H and O–H groups in total. The van der Waals surface area contributed by atoms with E-state index in [-0.39, 0.29) is 6.10 Å². The Kier molecular flexibility index (Phi) is 3.60. The minimum atomic E-state index is -0.215. The second-order valence-corrected chi connectivity index (χ2v) is 6.33. The van der Waals surface area contributed by atoms with E-state index in [2.05, 4.69) is 37.7 Å². The Morgan fingerprint density at radius 3 is 3.16 bits per heavy atom. The number of nitrogens with zero attached hydrogens (tertiary/aromatic N) is 2. The molecule has 1 aliphatic heterocycles. The molecular weight excluding hydrogens is 306 g/mol. The largest absolute Gasteiger partial charge is 0.392 e. The number of nitrogens with one attached hydrogen (secondary N) is 1. The zero-order chi connectivity index (χ0) is 13.4. The van der Waals surface area contributed by atoms with Gasteiger partial charge in [0, 0.05) is 11.0 Å². The number of likely N-dealkylation sites (tertiary alicyclic amines) is 1. The summed E-state index contributed by atoms with van der Waals surface area (Å²) in [7, 11) is 0. The highest BCUT2D eigenvalue weighted by atomic mass is 79.9. The molecule has 1 fully saturated rings. The van der Waals surface area contributed by atoms with Crippen molar-refractivity contribution in [1.29, 1.82) is 0 Å². The molecule has 0 radical (unpaired) electrons. The van der Waals surface area contributed by atoms with Crippen molar-refractivity contribution in [2.24, 2.45) is 5.92 Å². The molecule has 1 aliphatic rings. The molecule has 4 nitrogen and oxygen atoms in total. The van der Waals surface area contributed by atoms with Gasteiger partial charge in [-0.15, -0.1) is 0 Å². The normalized spacial score (nSPS) is 25.0. The molecule has 0 saturated carbocycles. The minimum Gasteiger partial charge on any atom is -0.392 e. The molecule has 5 heteroatoms. The van der Waals surface area contributed by atoms with Crippen molar-refractivity contribution in [2.45, 2.75) is 26.0 Å². The highest BCUT2D eigenvalue weighted by Gasteiger charge is 2.24. The standard InChI is InChI=1S/C14H18BrN3O/c1-9-4-5-18(7-13(9)19)8-14-16-11-3-2-10(15)6-12(11)17-14/h2-3,6,9,13,19H,4-5,7-8H2,1H3,(H,16,17)/t9-,13-/m0/s1. The molecule has 1 aromatic carbocycles. The number of imidazole rings is 1. The lowest BCUT2D eigenvalue weighted by Gasteiger charge is -2.33. The number of benzene rings is 1. The van der Waals surface area contributed by atoms with Gasteiger partial charge in [-0.05, 0) is 37.1 Å². The Morgan fingerprint density at radius 2 is 2.37 bits per heavy atom. The van der Waals surface area contributed by atoms with Gasteiger partial charge in [0.2, 0.25) is 0 Å². The van der Waals surface area contributed by atoms with Crippen molar-refractivity contribution in [3.63, 3.8) is 0 Å². The van der Waals surface area contributed by atoms with Crippen LogP contribution in [0.15, 0.2) is 22.7 Å². The average molecular weight is 324 g/mol. The Bertz CT molecular complexity index is 583. The minimum absolute atomic E-state index is 0.215. The van der Waals surface area contributed by atoms with Gasteiger partial charge in [-0.1, -0.05) is 22.9 Å². The van der Waals surface area contributed by atoms with E-state index in [9.17, 15) is 5.11 Å². The van der Waals surface area contributed by atoms with Gasteiger partial charge in [0.15, 0.2) is 0 Å². The Morgan fingerprint density at radius 1 is 1.53 bits per heavy atom. The number of fused-ring (bicyclic) bond motifs is 1. The third-order valence-corrected chi connectivity index (χ3v) is 4.36. The van der Waals surface area contributed by atoms with Gasteiger partial charge in [-0.3, -0.25) is 4.90 Å². The van der Waals surface area contributed by atoms with Gasteiger partial charge < -0.3 is 10.1 Å². The molecule has 0 unspecified atom stereocenters. The van der Waals surface area contributed by atoms with Crippen LogP contribution >= 0.6 is 15.9 Å². The topological polar surface area (TPSA) is 52.2 Å². The molecule has 19 heavy (non-hydrogen) atoms. The Hall–Kier alpha value is -0.910. The first-order chi connectivity index (χ1) is 9.11. The maximum absolute atomic E-state index is 9.92. The molecule has 2 heterocycles. The zero-order valence-corrected chi connectivity index (χ0v) is 12.5. The van der Waals surface area contributed by atoms with Crippen molar-refractivity contribution in [2.75, 3.05) is 13.1 Å². The molecule has 0 bridgehead atoms. The molecular formula is C14H18BrN3O. The SMILES string of the molecule is C[C@H]1CCN(Cc2nc3ccc(Br)cc3[nH]2)C[C@@H]1O. The molecule has 1 saturated heterocycles. The van der Waals surface area contributed by atoms with Crippen LogP contribution in [-0.4, -0.2) is 39.2 Å². The summed E-state index contributed by atoms with van der Waals surface area (Å²) in [5.41, 5.74) is 2.04. The van der Waals surface area contributed by atoms with Crippen LogP contribution in [0.2, 0.25) is 0 Å². The van der Waals surface area contributed by atoms with Crippen LogP contribution in [0.5, 0.6) is 0 Å². The molecule has 2 aromatic rings. The van der Waals surface area contributed by atoms with Crippen LogP contribution in [0.4, 0.5) is 0 Å². The van der Waals surface area contributed by atoms with Crippen molar-refractivity contribution in [3.05, 3.63) is 28.5 Å². The first-order valence-electron chi connectivity index (χ1n) is 6.66. The molecule has 2 atom stereocenters. The van der Waals surface area contributed by atoms with E-state index in [1.807, 2.05) is 18.2 Å². The van der Waals surface area contributed by atoms with Crippen LogP contribution in [-0.2, 0) is 6.54 Å². The molecule has 0 spiro atoms.